The highest BCUT2D eigenvalue weighted by molar-refractivity contribution is 9.11. The molecule has 0 amide bonds. The van der Waals surface area contributed by atoms with E-state index < -0.39 is 0 Å². The maximum absolute atomic E-state index is 12.2. The Hall–Kier alpha value is -0.350. The van der Waals surface area contributed by atoms with E-state index in [1.165, 1.54) is 6.42 Å². The van der Waals surface area contributed by atoms with Crippen LogP contribution in [0.1, 0.15) is 49.4 Å². The fourth-order valence-corrected chi connectivity index (χ4v) is 3.65. The topological polar surface area (TPSA) is 26.3 Å². The largest absolute Gasteiger partial charge is 0.456 e. The van der Waals surface area contributed by atoms with Gasteiger partial charge in [0, 0.05) is 8.95 Å². The zero-order valence-electron chi connectivity index (χ0n) is 10.3. The van der Waals surface area contributed by atoms with Crippen LogP contribution in [-0.4, -0.2) is 11.6 Å². The summed E-state index contributed by atoms with van der Waals surface area (Å²) < 4.78 is 7.44. The first-order chi connectivity index (χ1) is 8.48. The zero-order valence-corrected chi connectivity index (χ0v) is 13.5. The van der Waals surface area contributed by atoms with Crippen LogP contribution in [0.2, 0.25) is 0 Å². The van der Waals surface area contributed by atoms with E-state index in [0.717, 1.165) is 34.6 Å². The SMILES string of the molecule is CC1(OC(=O)c2cc(Br)cc(Br)c2)CCCCC1. The van der Waals surface area contributed by atoms with E-state index >= 15 is 0 Å². The predicted molar refractivity (Wildman–Crippen MR) is 78.7 cm³/mol. The number of rotatable bonds is 2. The van der Waals surface area contributed by atoms with E-state index in [1.54, 1.807) is 12.1 Å². The van der Waals surface area contributed by atoms with Gasteiger partial charge >= 0.3 is 5.97 Å². The molecule has 1 aromatic rings. The summed E-state index contributed by atoms with van der Waals surface area (Å²) in [4.78, 5) is 12.2. The zero-order chi connectivity index (χ0) is 13.2. The Morgan fingerprint density at radius 1 is 1.11 bits per heavy atom. The molecule has 1 fully saturated rings. The average Bonchev–Trinajstić information content (AvgIpc) is 2.28. The van der Waals surface area contributed by atoms with Gasteiger partial charge in [0.1, 0.15) is 5.60 Å². The lowest BCUT2D eigenvalue weighted by molar-refractivity contribution is -0.0269. The van der Waals surface area contributed by atoms with Gasteiger partial charge in [-0.1, -0.05) is 38.3 Å². The fraction of sp³-hybridized carbons (Fsp3) is 0.500. The van der Waals surface area contributed by atoms with Gasteiger partial charge in [-0.25, -0.2) is 4.79 Å². The number of halogens is 2. The van der Waals surface area contributed by atoms with Gasteiger partial charge in [0.25, 0.3) is 0 Å². The number of hydrogen-bond acceptors (Lipinski definition) is 2. The maximum atomic E-state index is 12.2. The molecule has 0 bridgehead atoms. The first-order valence-corrected chi connectivity index (χ1v) is 7.77. The molecule has 0 atom stereocenters. The van der Waals surface area contributed by atoms with Gasteiger partial charge in [0.2, 0.25) is 0 Å². The maximum Gasteiger partial charge on any atom is 0.338 e. The van der Waals surface area contributed by atoms with E-state index in [-0.39, 0.29) is 11.6 Å². The van der Waals surface area contributed by atoms with E-state index in [4.69, 9.17) is 4.74 Å². The number of hydrogen-bond donors (Lipinski definition) is 0. The van der Waals surface area contributed by atoms with Gasteiger partial charge < -0.3 is 4.74 Å². The number of benzene rings is 1. The summed E-state index contributed by atoms with van der Waals surface area (Å²) in [6, 6.07) is 5.48. The highest BCUT2D eigenvalue weighted by atomic mass is 79.9. The number of carbonyl (C=O) groups is 1. The monoisotopic (exact) mass is 374 g/mol. The molecule has 0 N–H and O–H groups in total. The van der Waals surface area contributed by atoms with Crippen molar-refractivity contribution in [2.45, 2.75) is 44.6 Å². The van der Waals surface area contributed by atoms with Crippen LogP contribution in [0.3, 0.4) is 0 Å². The van der Waals surface area contributed by atoms with Crippen LogP contribution >= 0.6 is 31.9 Å². The normalized spacial score (nSPS) is 18.4. The Kier molecular flexibility index (Phi) is 4.49. The Morgan fingerprint density at radius 3 is 2.22 bits per heavy atom. The van der Waals surface area contributed by atoms with Gasteiger partial charge in [-0.05, 0) is 50.8 Å². The van der Waals surface area contributed by atoms with Crippen molar-refractivity contribution < 1.29 is 9.53 Å². The molecule has 2 rings (SSSR count). The van der Waals surface area contributed by atoms with Crippen molar-refractivity contribution in [2.75, 3.05) is 0 Å². The van der Waals surface area contributed by atoms with Crippen LogP contribution in [-0.2, 0) is 4.74 Å². The molecule has 0 aromatic heterocycles. The third kappa shape index (κ3) is 3.58. The Balaban J connectivity index is 2.11. The molecule has 1 aliphatic carbocycles. The molecule has 4 heteroatoms. The van der Waals surface area contributed by atoms with Crippen LogP contribution in [0.5, 0.6) is 0 Å². The summed E-state index contributed by atoms with van der Waals surface area (Å²) in [5, 5.41) is 0. The van der Waals surface area contributed by atoms with Gasteiger partial charge in [0.05, 0.1) is 5.56 Å². The molecule has 1 aliphatic rings. The van der Waals surface area contributed by atoms with Crippen molar-refractivity contribution in [1.82, 2.24) is 0 Å². The van der Waals surface area contributed by atoms with Crippen molar-refractivity contribution in [3.05, 3.63) is 32.7 Å². The summed E-state index contributed by atoms with van der Waals surface area (Å²) in [6.45, 7) is 2.04. The fourth-order valence-electron chi connectivity index (χ4n) is 2.36. The summed E-state index contributed by atoms with van der Waals surface area (Å²) in [5.74, 6) is -0.235. The van der Waals surface area contributed by atoms with E-state index in [1.807, 2.05) is 13.0 Å². The van der Waals surface area contributed by atoms with Gasteiger partial charge in [-0.15, -0.1) is 0 Å². The second kappa shape index (κ2) is 5.74. The molecular formula is C14H16Br2O2. The van der Waals surface area contributed by atoms with Crippen molar-refractivity contribution in [3.8, 4) is 0 Å². The molecule has 0 spiro atoms. The van der Waals surface area contributed by atoms with Crippen molar-refractivity contribution in [3.63, 3.8) is 0 Å². The Labute approximate surface area is 124 Å². The van der Waals surface area contributed by atoms with E-state index in [2.05, 4.69) is 31.9 Å². The quantitative estimate of drug-likeness (QED) is 0.673. The molecule has 2 nitrogen and oxygen atoms in total. The second-order valence-electron chi connectivity index (χ2n) is 5.06. The smallest absolute Gasteiger partial charge is 0.338 e. The molecule has 0 unspecified atom stereocenters. The Bertz CT molecular complexity index is 431. The standard InChI is InChI=1S/C14H16Br2O2/c1-14(5-3-2-4-6-14)18-13(17)10-7-11(15)9-12(16)8-10/h7-9H,2-6H2,1H3. The van der Waals surface area contributed by atoms with Crippen molar-refractivity contribution in [2.24, 2.45) is 0 Å². The first-order valence-electron chi connectivity index (χ1n) is 6.18. The third-order valence-corrected chi connectivity index (χ3v) is 4.26. The first kappa shape index (κ1) is 14.1. The molecule has 98 valence electrons. The lowest BCUT2D eigenvalue weighted by atomic mass is 9.86. The molecule has 0 aliphatic heterocycles. The molecule has 1 saturated carbocycles. The van der Waals surface area contributed by atoms with Crippen LogP contribution in [0, 0.1) is 0 Å². The van der Waals surface area contributed by atoms with Crippen LogP contribution < -0.4 is 0 Å². The number of ether oxygens (including phenoxy) is 1. The molecule has 0 heterocycles. The summed E-state index contributed by atoms with van der Waals surface area (Å²) in [7, 11) is 0. The number of esters is 1. The Morgan fingerprint density at radius 2 is 1.67 bits per heavy atom. The van der Waals surface area contributed by atoms with Crippen LogP contribution in [0.4, 0.5) is 0 Å². The van der Waals surface area contributed by atoms with Crippen LogP contribution in [0.25, 0.3) is 0 Å². The molecule has 1 aromatic carbocycles. The summed E-state index contributed by atoms with van der Waals surface area (Å²) in [5.41, 5.74) is 0.299. The molecular weight excluding hydrogens is 360 g/mol. The van der Waals surface area contributed by atoms with Gasteiger partial charge in [-0.2, -0.15) is 0 Å². The minimum atomic E-state index is -0.288. The van der Waals surface area contributed by atoms with Gasteiger partial charge in [0.15, 0.2) is 0 Å². The highest BCUT2D eigenvalue weighted by Gasteiger charge is 2.31. The second-order valence-corrected chi connectivity index (χ2v) is 6.89. The molecule has 0 radical (unpaired) electrons. The summed E-state index contributed by atoms with van der Waals surface area (Å²) in [6.07, 6.45) is 5.47. The van der Waals surface area contributed by atoms with Crippen molar-refractivity contribution in [1.29, 1.82) is 0 Å². The lowest BCUT2D eigenvalue weighted by Crippen LogP contribution is -2.33. The van der Waals surface area contributed by atoms with E-state index in [9.17, 15) is 4.79 Å². The predicted octanol–water partition coefficient (Wildman–Crippen LogP) is 5.09. The average molecular weight is 376 g/mol. The molecule has 18 heavy (non-hydrogen) atoms. The van der Waals surface area contributed by atoms with E-state index in [0.29, 0.717) is 5.56 Å². The molecule has 0 saturated heterocycles. The minimum Gasteiger partial charge on any atom is -0.456 e. The van der Waals surface area contributed by atoms with Gasteiger partial charge in [-0.3, -0.25) is 0 Å². The minimum absolute atomic E-state index is 0.235. The van der Waals surface area contributed by atoms with Crippen molar-refractivity contribution >= 4 is 37.8 Å². The third-order valence-electron chi connectivity index (χ3n) is 3.35. The summed E-state index contributed by atoms with van der Waals surface area (Å²) >= 11 is 6.76. The van der Waals surface area contributed by atoms with Crippen LogP contribution in [0.15, 0.2) is 27.1 Å². The number of carbonyl (C=O) groups excluding carboxylic acids is 1. The lowest BCUT2D eigenvalue weighted by Gasteiger charge is -2.33. The highest BCUT2D eigenvalue weighted by Crippen LogP contribution is 2.32.